The van der Waals surface area contributed by atoms with Gasteiger partial charge in [-0.25, -0.2) is 0 Å². The second-order valence-corrected chi connectivity index (χ2v) is 10.2. The molecule has 1 atom stereocenters. The molecule has 0 bridgehead atoms. The van der Waals surface area contributed by atoms with E-state index >= 15 is 0 Å². The Labute approximate surface area is 231 Å². The van der Waals surface area contributed by atoms with Crippen LogP contribution in [-0.2, 0) is 4.74 Å². The molecular weight excluding hydrogens is 508 g/mol. The van der Waals surface area contributed by atoms with Gasteiger partial charge in [0.05, 0.1) is 30.0 Å². The highest BCUT2D eigenvalue weighted by molar-refractivity contribution is 5.97. The van der Waals surface area contributed by atoms with Gasteiger partial charge in [-0.05, 0) is 61.2 Å². The van der Waals surface area contributed by atoms with E-state index < -0.39 is 6.10 Å². The Morgan fingerprint density at radius 1 is 1.12 bits per heavy atom. The number of ether oxygens (including phenoxy) is 2. The van der Waals surface area contributed by atoms with Crippen LogP contribution in [0.2, 0.25) is 0 Å². The molecule has 0 radical (unpaired) electrons. The normalized spacial score (nSPS) is 17.6. The molecule has 2 fully saturated rings. The van der Waals surface area contributed by atoms with Gasteiger partial charge in [-0.2, -0.15) is 5.26 Å². The quantitative estimate of drug-likeness (QED) is 0.358. The number of nitrogens with zero attached hydrogens (tertiary/aromatic N) is 3. The molecule has 2 aliphatic heterocycles. The third-order valence-electron chi connectivity index (χ3n) is 7.61. The number of aliphatic hydroxyl groups excluding tert-OH is 1. The summed E-state index contributed by atoms with van der Waals surface area (Å²) in [6.07, 6.45) is 3.64. The number of nitrogens with one attached hydrogen (secondary N) is 1. The predicted molar refractivity (Wildman–Crippen MR) is 150 cm³/mol. The van der Waals surface area contributed by atoms with Crippen LogP contribution in [0.5, 0.6) is 5.75 Å². The Morgan fingerprint density at radius 2 is 1.98 bits per heavy atom. The number of amides is 1. The van der Waals surface area contributed by atoms with Crippen molar-refractivity contribution in [3.8, 4) is 34.3 Å². The fraction of sp³-hybridized carbons (Fsp3) is 0.323. The number of β-amino-alcohol motifs (C(OH)–C–C–N with tert-alkyl or cyclic N) is 1. The predicted octanol–water partition coefficient (Wildman–Crippen LogP) is 4.84. The molecule has 1 unspecified atom stereocenters. The Balaban J connectivity index is 1.31. The van der Waals surface area contributed by atoms with Crippen LogP contribution in [0.4, 0.5) is 5.69 Å². The zero-order valence-electron chi connectivity index (χ0n) is 22.2. The maximum atomic E-state index is 12.9. The molecule has 2 aliphatic rings. The highest BCUT2D eigenvalue weighted by atomic mass is 16.5. The van der Waals surface area contributed by atoms with Gasteiger partial charge in [0.1, 0.15) is 23.1 Å². The molecule has 1 amide bonds. The van der Waals surface area contributed by atoms with Crippen molar-refractivity contribution >= 4 is 22.7 Å². The van der Waals surface area contributed by atoms with E-state index in [1.54, 1.807) is 36.4 Å². The number of aliphatic hydroxyl groups is 1. The Bertz CT molecular complexity index is 1600. The lowest BCUT2D eigenvalue weighted by Gasteiger charge is -2.24. The number of carbonyl (C=O) groups excluding carboxylic acids is 1. The average molecular weight is 539 g/mol. The third kappa shape index (κ3) is 4.99. The summed E-state index contributed by atoms with van der Waals surface area (Å²) < 4.78 is 17.4. The van der Waals surface area contributed by atoms with E-state index in [0.717, 1.165) is 42.9 Å². The molecule has 2 aromatic heterocycles. The first kappa shape index (κ1) is 25.9. The van der Waals surface area contributed by atoms with Gasteiger partial charge in [0.25, 0.3) is 5.91 Å². The summed E-state index contributed by atoms with van der Waals surface area (Å²) in [6.45, 7) is 2.31. The number of benzene rings is 2. The van der Waals surface area contributed by atoms with E-state index in [1.807, 2.05) is 30.3 Å². The van der Waals surface area contributed by atoms with Crippen molar-refractivity contribution in [2.45, 2.75) is 31.4 Å². The van der Waals surface area contributed by atoms with Crippen molar-refractivity contribution in [2.75, 3.05) is 38.7 Å². The number of likely N-dealkylation sites (tertiary alicyclic amines) is 1. The first-order chi connectivity index (χ1) is 19.5. The van der Waals surface area contributed by atoms with Crippen LogP contribution < -0.4 is 10.1 Å². The van der Waals surface area contributed by atoms with E-state index in [2.05, 4.69) is 16.4 Å². The smallest absolute Gasteiger partial charge is 0.254 e. The molecule has 2 N–H and O–H groups in total. The molecule has 6 rings (SSSR count). The number of rotatable bonds is 6. The maximum absolute atomic E-state index is 12.9. The topological polar surface area (TPSA) is 121 Å². The van der Waals surface area contributed by atoms with Crippen LogP contribution >= 0.6 is 0 Å². The van der Waals surface area contributed by atoms with Crippen molar-refractivity contribution < 1.29 is 23.8 Å². The van der Waals surface area contributed by atoms with Crippen molar-refractivity contribution in [3.05, 3.63) is 65.9 Å². The minimum Gasteiger partial charge on any atom is -0.496 e. The lowest BCUT2D eigenvalue weighted by molar-refractivity contribution is 0.0764. The number of methoxy groups -OCH3 is 1. The highest BCUT2D eigenvalue weighted by Gasteiger charge is 2.26. The summed E-state index contributed by atoms with van der Waals surface area (Å²) in [5, 5.41) is 23.2. The number of pyridine rings is 1. The number of nitriles is 1. The molecule has 4 heterocycles. The van der Waals surface area contributed by atoms with Gasteiger partial charge in [0.2, 0.25) is 0 Å². The first-order valence-corrected chi connectivity index (χ1v) is 13.5. The largest absolute Gasteiger partial charge is 0.496 e. The summed E-state index contributed by atoms with van der Waals surface area (Å²) in [5.74, 6) is 0.917. The fourth-order valence-electron chi connectivity index (χ4n) is 5.43. The van der Waals surface area contributed by atoms with E-state index in [1.165, 1.54) is 0 Å². The molecule has 40 heavy (non-hydrogen) atoms. The molecule has 2 aromatic carbocycles. The van der Waals surface area contributed by atoms with Crippen LogP contribution in [0.3, 0.4) is 0 Å². The highest BCUT2D eigenvalue weighted by Crippen LogP contribution is 2.38. The number of hydrogen-bond acceptors (Lipinski definition) is 8. The molecule has 9 heteroatoms. The van der Waals surface area contributed by atoms with Gasteiger partial charge in [0.15, 0.2) is 5.58 Å². The van der Waals surface area contributed by atoms with Crippen molar-refractivity contribution in [1.82, 2.24) is 9.88 Å². The molecule has 0 spiro atoms. The average Bonchev–Trinajstić information content (AvgIpc) is 3.63. The molecule has 9 nitrogen and oxygen atoms in total. The fourth-order valence-corrected chi connectivity index (χ4v) is 5.43. The van der Waals surface area contributed by atoms with Gasteiger partial charge < -0.3 is 29.2 Å². The van der Waals surface area contributed by atoms with Crippen LogP contribution in [0, 0.1) is 11.3 Å². The van der Waals surface area contributed by atoms with Crippen LogP contribution in [-0.4, -0.2) is 66.5 Å². The zero-order valence-corrected chi connectivity index (χ0v) is 22.2. The Kier molecular flexibility index (Phi) is 7.11. The standard InChI is InChI=1S/C31H30N4O5/c1-38-28-15-20(31(37)35-11-7-23(36)18-35)2-4-25(28)29-16-27-30(40-29)24(6-10-33-27)19-3-5-26(21(14-19)17-32)34-22-8-12-39-13-9-22/h2-6,10,14-16,22-23,34,36H,7-9,11-13,18H2,1H3. The summed E-state index contributed by atoms with van der Waals surface area (Å²) in [7, 11) is 1.55. The van der Waals surface area contributed by atoms with E-state index in [9.17, 15) is 15.2 Å². The van der Waals surface area contributed by atoms with Crippen molar-refractivity contribution in [3.63, 3.8) is 0 Å². The molecule has 0 saturated carbocycles. The molecule has 2 saturated heterocycles. The molecule has 204 valence electrons. The van der Waals surface area contributed by atoms with Crippen molar-refractivity contribution in [1.29, 1.82) is 5.26 Å². The number of aromatic nitrogens is 1. The maximum Gasteiger partial charge on any atom is 0.254 e. The summed E-state index contributed by atoms with van der Waals surface area (Å²) in [6, 6.07) is 17.4. The molecular formula is C31H30N4O5. The molecule has 4 aromatic rings. The lowest BCUT2D eigenvalue weighted by Crippen LogP contribution is -2.29. The Hall–Kier alpha value is -4.39. The van der Waals surface area contributed by atoms with Gasteiger partial charge in [0, 0.05) is 55.7 Å². The second-order valence-electron chi connectivity index (χ2n) is 10.2. The van der Waals surface area contributed by atoms with E-state index in [-0.39, 0.29) is 11.9 Å². The van der Waals surface area contributed by atoms with Crippen LogP contribution in [0.1, 0.15) is 35.2 Å². The van der Waals surface area contributed by atoms with Gasteiger partial charge in [-0.15, -0.1) is 0 Å². The number of furan rings is 1. The monoisotopic (exact) mass is 538 g/mol. The summed E-state index contributed by atoms with van der Waals surface area (Å²) in [5.41, 5.74) is 5.50. The third-order valence-corrected chi connectivity index (χ3v) is 7.61. The van der Waals surface area contributed by atoms with Crippen LogP contribution in [0.15, 0.2) is 59.1 Å². The van der Waals surface area contributed by atoms with Crippen molar-refractivity contribution in [2.24, 2.45) is 0 Å². The SMILES string of the molecule is COc1cc(C(=O)N2CCC(O)C2)ccc1-c1cc2nccc(-c3ccc(NC4CCOCC4)c(C#N)c3)c2o1. The number of carbonyl (C=O) groups is 1. The summed E-state index contributed by atoms with van der Waals surface area (Å²) in [4.78, 5) is 19.1. The van der Waals surface area contributed by atoms with Gasteiger partial charge in [-0.1, -0.05) is 6.07 Å². The van der Waals surface area contributed by atoms with E-state index in [4.69, 9.17) is 13.9 Å². The van der Waals surface area contributed by atoms with E-state index in [0.29, 0.717) is 58.8 Å². The minimum absolute atomic E-state index is 0.141. The zero-order chi connectivity index (χ0) is 27.6. The minimum atomic E-state index is -0.481. The molecule has 0 aliphatic carbocycles. The number of anilines is 1. The van der Waals surface area contributed by atoms with Crippen LogP contribution in [0.25, 0.3) is 33.6 Å². The lowest BCUT2D eigenvalue weighted by atomic mass is 10.0. The first-order valence-electron chi connectivity index (χ1n) is 13.5. The Morgan fingerprint density at radius 3 is 2.73 bits per heavy atom. The van der Waals surface area contributed by atoms with Gasteiger partial charge in [-0.3, -0.25) is 9.78 Å². The number of hydrogen-bond donors (Lipinski definition) is 2. The van der Waals surface area contributed by atoms with Gasteiger partial charge >= 0.3 is 0 Å². The second kappa shape index (κ2) is 11.0. The number of fused-ring (bicyclic) bond motifs is 1. The summed E-state index contributed by atoms with van der Waals surface area (Å²) >= 11 is 0.